The minimum atomic E-state index is -0.218. The zero-order valence-corrected chi connectivity index (χ0v) is 12.5. The number of rotatable bonds is 3. The summed E-state index contributed by atoms with van der Waals surface area (Å²) < 4.78 is 9.29. The number of aromatic nitrogens is 2. The summed E-state index contributed by atoms with van der Waals surface area (Å²) >= 11 is 1.37. The highest BCUT2D eigenvalue weighted by molar-refractivity contribution is 7.05. The Hall–Kier alpha value is -1.46. The van der Waals surface area contributed by atoms with Gasteiger partial charge in [0.1, 0.15) is 5.75 Å². The van der Waals surface area contributed by atoms with Crippen LogP contribution >= 0.6 is 11.5 Å². The van der Waals surface area contributed by atoms with Crippen molar-refractivity contribution in [3.63, 3.8) is 0 Å². The van der Waals surface area contributed by atoms with Crippen molar-refractivity contribution < 1.29 is 4.74 Å². The Kier molecular flexibility index (Phi) is 3.87. The van der Waals surface area contributed by atoms with Crippen molar-refractivity contribution in [2.75, 3.05) is 7.11 Å². The Morgan fingerprint density at radius 3 is 2.68 bits per heavy atom. The number of benzene rings is 1. The maximum atomic E-state index is 6.36. The van der Waals surface area contributed by atoms with Crippen LogP contribution in [-0.4, -0.2) is 16.7 Å². The second kappa shape index (κ2) is 5.27. The van der Waals surface area contributed by atoms with Crippen LogP contribution < -0.4 is 10.5 Å². The van der Waals surface area contributed by atoms with E-state index in [1.54, 1.807) is 7.11 Å². The van der Waals surface area contributed by atoms with Gasteiger partial charge in [-0.05, 0) is 29.2 Å². The van der Waals surface area contributed by atoms with Crippen LogP contribution in [0.15, 0.2) is 24.3 Å². The van der Waals surface area contributed by atoms with Crippen LogP contribution in [0.4, 0.5) is 0 Å². The van der Waals surface area contributed by atoms with Crippen LogP contribution in [0.25, 0.3) is 0 Å². The molecule has 0 amide bonds. The van der Waals surface area contributed by atoms with E-state index in [0.29, 0.717) is 0 Å². The lowest BCUT2D eigenvalue weighted by molar-refractivity contribution is 0.414. The summed E-state index contributed by atoms with van der Waals surface area (Å²) in [6.07, 6.45) is 0. The fourth-order valence-corrected chi connectivity index (χ4v) is 2.80. The molecule has 1 atom stereocenters. The number of methoxy groups -OCH3 is 1. The number of hydrogen-bond donors (Lipinski definition) is 1. The van der Waals surface area contributed by atoms with Gasteiger partial charge in [-0.15, -0.1) is 5.10 Å². The van der Waals surface area contributed by atoms with Gasteiger partial charge in [0.15, 0.2) is 0 Å². The molecule has 0 radical (unpaired) electrons. The smallest absolute Gasteiger partial charge is 0.119 e. The molecule has 2 N–H and O–H groups in total. The average molecular weight is 277 g/mol. The van der Waals surface area contributed by atoms with Gasteiger partial charge in [0.25, 0.3) is 0 Å². The third-order valence-corrected chi connectivity index (χ3v) is 3.77. The monoisotopic (exact) mass is 277 g/mol. The Bertz CT molecular complexity index is 560. The third-order valence-electron chi connectivity index (χ3n) is 2.96. The second-order valence-electron chi connectivity index (χ2n) is 5.49. The number of nitrogens with two attached hydrogens (primary N) is 1. The predicted octanol–water partition coefficient (Wildman–Crippen LogP) is 2.89. The fraction of sp³-hybridized carbons (Fsp3) is 0.429. The van der Waals surface area contributed by atoms with E-state index in [1.165, 1.54) is 11.5 Å². The predicted molar refractivity (Wildman–Crippen MR) is 77.6 cm³/mol. The molecule has 2 rings (SSSR count). The molecule has 1 unspecified atom stereocenters. The van der Waals surface area contributed by atoms with E-state index in [2.05, 4.69) is 30.4 Å². The molecule has 0 aliphatic rings. The van der Waals surface area contributed by atoms with Gasteiger partial charge in [-0.25, -0.2) is 0 Å². The maximum Gasteiger partial charge on any atom is 0.119 e. The van der Waals surface area contributed by atoms with E-state index in [1.807, 2.05) is 24.3 Å². The Balaban J connectivity index is 2.39. The van der Waals surface area contributed by atoms with Gasteiger partial charge in [-0.2, -0.15) is 0 Å². The molecular formula is C14H19N3OS. The topological polar surface area (TPSA) is 61.0 Å². The van der Waals surface area contributed by atoms with Crippen molar-refractivity contribution >= 4 is 11.5 Å². The SMILES string of the molecule is COc1cccc(C(N)c2snnc2C(C)(C)C)c1. The third kappa shape index (κ3) is 2.93. The Morgan fingerprint density at radius 2 is 2.05 bits per heavy atom. The van der Waals surface area contributed by atoms with E-state index in [0.717, 1.165) is 21.9 Å². The molecule has 0 spiro atoms. The fourth-order valence-electron chi connectivity index (χ4n) is 1.91. The van der Waals surface area contributed by atoms with E-state index < -0.39 is 0 Å². The van der Waals surface area contributed by atoms with Crippen LogP contribution in [0.5, 0.6) is 5.75 Å². The zero-order chi connectivity index (χ0) is 14.0. The lowest BCUT2D eigenvalue weighted by Crippen LogP contribution is -2.19. The zero-order valence-electron chi connectivity index (χ0n) is 11.7. The number of hydrogen-bond acceptors (Lipinski definition) is 5. The Morgan fingerprint density at radius 1 is 1.32 bits per heavy atom. The van der Waals surface area contributed by atoms with Crippen LogP contribution in [0.2, 0.25) is 0 Å². The minimum absolute atomic E-state index is 0.0567. The highest BCUT2D eigenvalue weighted by Gasteiger charge is 2.26. The molecule has 0 saturated heterocycles. The first kappa shape index (κ1) is 14.0. The normalized spacial score (nSPS) is 13.3. The molecule has 19 heavy (non-hydrogen) atoms. The standard InChI is InChI=1S/C14H19N3OS/c1-14(2,3)13-12(19-17-16-13)11(15)9-6-5-7-10(8-9)18-4/h5-8,11H,15H2,1-4H3. The summed E-state index contributed by atoms with van der Waals surface area (Å²) in [4.78, 5) is 1.01. The molecule has 102 valence electrons. The lowest BCUT2D eigenvalue weighted by atomic mass is 9.89. The second-order valence-corrected chi connectivity index (χ2v) is 6.28. The summed E-state index contributed by atoms with van der Waals surface area (Å²) in [5.41, 5.74) is 8.28. The molecule has 2 aromatic rings. The molecule has 0 aliphatic heterocycles. The summed E-state index contributed by atoms with van der Waals surface area (Å²) in [6, 6.07) is 7.59. The highest BCUT2D eigenvalue weighted by Crippen LogP contribution is 2.33. The van der Waals surface area contributed by atoms with Crippen LogP contribution in [0.1, 0.15) is 42.9 Å². The molecule has 0 bridgehead atoms. The van der Waals surface area contributed by atoms with Crippen LogP contribution in [-0.2, 0) is 5.41 Å². The van der Waals surface area contributed by atoms with Crippen molar-refractivity contribution in [2.24, 2.45) is 5.73 Å². The van der Waals surface area contributed by atoms with Gasteiger partial charge in [0, 0.05) is 5.41 Å². The highest BCUT2D eigenvalue weighted by atomic mass is 32.1. The number of ether oxygens (including phenoxy) is 1. The van der Waals surface area contributed by atoms with Gasteiger partial charge in [-0.1, -0.05) is 37.4 Å². The number of nitrogens with zero attached hydrogens (tertiary/aromatic N) is 2. The molecule has 1 aromatic heterocycles. The summed E-state index contributed by atoms with van der Waals surface area (Å²) in [7, 11) is 1.65. The average Bonchev–Trinajstić information content (AvgIpc) is 2.87. The van der Waals surface area contributed by atoms with Gasteiger partial charge in [0.05, 0.1) is 23.7 Å². The lowest BCUT2D eigenvalue weighted by Gasteiger charge is -2.19. The van der Waals surface area contributed by atoms with Gasteiger partial charge < -0.3 is 10.5 Å². The first-order valence-corrected chi connectivity index (χ1v) is 6.93. The summed E-state index contributed by atoms with van der Waals surface area (Å²) in [6.45, 7) is 6.35. The van der Waals surface area contributed by atoms with Gasteiger partial charge >= 0.3 is 0 Å². The largest absolute Gasteiger partial charge is 0.497 e. The van der Waals surface area contributed by atoms with E-state index in [-0.39, 0.29) is 11.5 Å². The molecule has 1 heterocycles. The first-order valence-electron chi connectivity index (χ1n) is 6.15. The van der Waals surface area contributed by atoms with Crippen LogP contribution in [0.3, 0.4) is 0 Å². The van der Waals surface area contributed by atoms with Crippen molar-refractivity contribution in [3.05, 3.63) is 40.4 Å². The van der Waals surface area contributed by atoms with Gasteiger partial charge in [0.2, 0.25) is 0 Å². The Labute approximate surface area is 117 Å². The molecule has 1 aromatic carbocycles. The summed E-state index contributed by atoms with van der Waals surface area (Å²) in [5.74, 6) is 0.808. The van der Waals surface area contributed by atoms with Crippen LogP contribution in [0, 0.1) is 0 Å². The molecule has 0 fully saturated rings. The van der Waals surface area contributed by atoms with Crippen molar-refractivity contribution in [1.82, 2.24) is 9.59 Å². The quantitative estimate of drug-likeness (QED) is 0.937. The molecule has 4 nitrogen and oxygen atoms in total. The minimum Gasteiger partial charge on any atom is -0.497 e. The van der Waals surface area contributed by atoms with Crippen molar-refractivity contribution in [3.8, 4) is 5.75 Å². The maximum absolute atomic E-state index is 6.36. The summed E-state index contributed by atoms with van der Waals surface area (Å²) in [5, 5.41) is 4.23. The van der Waals surface area contributed by atoms with Crippen molar-refractivity contribution in [1.29, 1.82) is 0 Å². The first-order chi connectivity index (χ1) is 8.93. The van der Waals surface area contributed by atoms with E-state index >= 15 is 0 Å². The molecule has 5 heteroatoms. The molecule has 0 saturated carbocycles. The van der Waals surface area contributed by atoms with E-state index in [9.17, 15) is 0 Å². The van der Waals surface area contributed by atoms with Crippen molar-refractivity contribution in [2.45, 2.75) is 32.2 Å². The van der Waals surface area contributed by atoms with Gasteiger partial charge in [-0.3, -0.25) is 0 Å². The molecule has 0 aliphatic carbocycles. The molecular weight excluding hydrogens is 258 g/mol. The van der Waals surface area contributed by atoms with E-state index in [4.69, 9.17) is 10.5 Å².